The summed E-state index contributed by atoms with van der Waals surface area (Å²) < 4.78 is 23.2. The molecule has 0 aromatic heterocycles. The topological polar surface area (TPSA) is 83.6 Å². The summed E-state index contributed by atoms with van der Waals surface area (Å²) in [6.07, 6.45) is 3.14. The molecule has 1 N–H and O–H groups in total. The summed E-state index contributed by atoms with van der Waals surface area (Å²) in [7, 11) is -3.14. The first-order valence-electron chi connectivity index (χ1n) is 7.15. The molecule has 1 aliphatic heterocycles. The van der Waals surface area contributed by atoms with Crippen LogP contribution in [0.5, 0.6) is 0 Å². The van der Waals surface area contributed by atoms with Crippen LogP contribution in [-0.4, -0.2) is 54.8 Å². The van der Waals surface area contributed by atoms with Crippen LogP contribution in [0, 0.1) is 0 Å². The SMILES string of the molecule is CCS(=O)(=O)CCN1C(=O)C2(CCCC2)NC(=O)C1C. The zero-order valence-corrected chi connectivity index (χ0v) is 12.8. The average Bonchev–Trinajstić information content (AvgIpc) is 2.86. The molecule has 1 saturated carbocycles. The number of hydrogen-bond acceptors (Lipinski definition) is 4. The molecule has 7 heteroatoms. The highest BCUT2D eigenvalue weighted by atomic mass is 32.2. The van der Waals surface area contributed by atoms with E-state index in [1.807, 2.05) is 0 Å². The fourth-order valence-electron chi connectivity index (χ4n) is 2.98. The van der Waals surface area contributed by atoms with Crippen molar-refractivity contribution in [1.29, 1.82) is 0 Å². The van der Waals surface area contributed by atoms with E-state index in [-0.39, 0.29) is 29.9 Å². The molecule has 1 saturated heterocycles. The number of sulfone groups is 1. The summed E-state index contributed by atoms with van der Waals surface area (Å²) in [5.41, 5.74) is -0.778. The molecular weight excluding hydrogens is 280 g/mol. The minimum absolute atomic E-state index is 0.0563. The maximum absolute atomic E-state index is 12.6. The summed E-state index contributed by atoms with van der Waals surface area (Å²) in [6.45, 7) is 3.33. The van der Waals surface area contributed by atoms with Gasteiger partial charge in [0.2, 0.25) is 11.8 Å². The van der Waals surface area contributed by atoms with E-state index in [9.17, 15) is 18.0 Å². The van der Waals surface area contributed by atoms with Gasteiger partial charge in [0.1, 0.15) is 11.6 Å². The predicted octanol–water partition coefficient (Wildman–Crippen LogP) is 0.0808. The Kier molecular flexibility index (Phi) is 4.09. The molecule has 0 aromatic carbocycles. The Morgan fingerprint density at radius 1 is 1.30 bits per heavy atom. The normalized spacial score (nSPS) is 26.1. The Balaban J connectivity index is 2.17. The van der Waals surface area contributed by atoms with Gasteiger partial charge in [0.15, 0.2) is 9.84 Å². The van der Waals surface area contributed by atoms with Gasteiger partial charge in [0.25, 0.3) is 0 Å². The number of rotatable bonds is 4. The molecule has 20 heavy (non-hydrogen) atoms. The van der Waals surface area contributed by atoms with Gasteiger partial charge in [0.05, 0.1) is 5.75 Å². The third kappa shape index (κ3) is 2.68. The fourth-order valence-corrected chi connectivity index (χ4v) is 3.74. The number of nitrogens with zero attached hydrogens (tertiary/aromatic N) is 1. The molecule has 1 unspecified atom stereocenters. The van der Waals surface area contributed by atoms with Gasteiger partial charge in [-0.3, -0.25) is 9.59 Å². The molecule has 1 spiro atoms. The molecule has 2 fully saturated rings. The molecule has 2 rings (SSSR count). The van der Waals surface area contributed by atoms with Crippen molar-refractivity contribution in [3.8, 4) is 0 Å². The van der Waals surface area contributed by atoms with Crippen molar-refractivity contribution >= 4 is 21.7 Å². The van der Waals surface area contributed by atoms with Gasteiger partial charge >= 0.3 is 0 Å². The van der Waals surface area contributed by atoms with Gasteiger partial charge in [-0.1, -0.05) is 19.8 Å². The van der Waals surface area contributed by atoms with Crippen molar-refractivity contribution < 1.29 is 18.0 Å². The smallest absolute Gasteiger partial charge is 0.249 e. The Morgan fingerprint density at radius 3 is 2.45 bits per heavy atom. The van der Waals surface area contributed by atoms with E-state index in [1.54, 1.807) is 13.8 Å². The maximum Gasteiger partial charge on any atom is 0.249 e. The second kappa shape index (κ2) is 5.35. The van der Waals surface area contributed by atoms with Crippen molar-refractivity contribution in [1.82, 2.24) is 10.2 Å². The van der Waals surface area contributed by atoms with Crippen LogP contribution in [0.3, 0.4) is 0 Å². The number of carbonyl (C=O) groups excluding carboxylic acids is 2. The lowest BCUT2D eigenvalue weighted by Gasteiger charge is -2.43. The predicted molar refractivity (Wildman–Crippen MR) is 74.8 cm³/mol. The van der Waals surface area contributed by atoms with Crippen molar-refractivity contribution in [3.05, 3.63) is 0 Å². The summed E-state index contributed by atoms with van der Waals surface area (Å²) >= 11 is 0. The van der Waals surface area contributed by atoms with Crippen molar-refractivity contribution in [2.24, 2.45) is 0 Å². The Morgan fingerprint density at radius 2 is 1.90 bits per heavy atom. The van der Waals surface area contributed by atoms with E-state index in [0.29, 0.717) is 12.8 Å². The lowest BCUT2D eigenvalue weighted by molar-refractivity contribution is -0.153. The standard InChI is InChI=1S/C13H22N2O4S/c1-3-20(18,19)9-8-15-10(2)11(16)14-13(12(15)17)6-4-5-7-13/h10H,3-9H2,1-2H3,(H,14,16). The van der Waals surface area contributed by atoms with Crippen molar-refractivity contribution in [2.45, 2.75) is 51.1 Å². The van der Waals surface area contributed by atoms with Gasteiger partial charge in [-0.2, -0.15) is 0 Å². The van der Waals surface area contributed by atoms with Crippen LogP contribution in [0.25, 0.3) is 0 Å². The van der Waals surface area contributed by atoms with Crippen LogP contribution >= 0.6 is 0 Å². The molecule has 1 atom stereocenters. The van der Waals surface area contributed by atoms with Crippen LogP contribution in [0.1, 0.15) is 39.5 Å². The molecule has 2 aliphatic rings. The first-order valence-corrected chi connectivity index (χ1v) is 8.97. The van der Waals surface area contributed by atoms with Gasteiger partial charge in [-0.05, 0) is 19.8 Å². The minimum Gasteiger partial charge on any atom is -0.340 e. The van der Waals surface area contributed by atoms with Crippen LogP contribution in [-0.2, 0) is 19.4 Å². The average molecular weight is 302 g/mol. The minimum atomic E-state index is -3.14. The molecular formula is C13H22N2O4S. The fraction of sp³-hybridized carbons (Fsp3) is 0.846. The number of hydrogen-bond donors (Lipinski definition) is 1. The van der Waals surface area contributed by atoms with Crippen molar-refractivity contribution in [2.75, 3.05) is 18.1 Å². The number of nitrogens with one attached hydrogen (secondary N) is 1. The highest BCUT2D eigenvalue weighted by molar-refractivity contribution is 7.91. The Bertz CT molecular complexity index is 508. The Hall–Kier alpha value is -1.11. The van der Waals surface area contributed by atoms with E-state index < -0.39 is 21.4 Å². The van der Waals surface area contributed by atoms with Gasteiger partial charge in [-0.25, -0.2) is 8.42 Å². The lowest BCUT2D eigenvalue weighted by atomic mass is 9.91. The highest BCUT2D eigenvalue weighted by Crippen LogP contribution is 2.34. The summed E-state index contributed by atoms with van der Waals surface area (Å²) in [5.74, 6) is -0.322. The quantitative estimate of drug-likeness (QED) is 0.797. The number of amides is 2. The summed E-state index contributed by atoms with van der Waals surface area (Å²) in [5, 5.41) is 2.85. The first kappa shape index (κ1) is 15.3. The van der Waals surface area contributed by atoms with Crippen LogP contribution in [0.4, 0.5) is 0 Å². The molecule has 1 aliphatic carbocycles. The van der Waals surface area contributed by atoms with Crippen molar-refractivity contribution in [3.63, 3.8) is 0 Å². The maximum atomic E-state index is 12.6. The third-order valence-electron chi connectivity index (χ3n) is 4.42. The van der Waals surface area contributed by atoms with Gasteiger partial charge in [-0.15, -0.1) is 0 Å². The number of carbonyl (C=O) groups is 2. The van der Waals surface area contributed by atoms with E-state index in [0.717, 1.165) is 12.8 Å². The summed E-state index contributed by atoms with van der Waals surface area (Å²) in [6, 6.07) is -0.596. The molecule has 0 bridgehead atoms. The van der Waals surface area contributed by atoms with Gasteiger partial charge < -0.3 is 10.2 Å². The highest BCUT2D eigenvalue weighted by Gasteiger charge is 2.50. The molecule has 0 radical (unpaired) electrons. The van der Waals surface area contributed by atoms with Crippen LogP contribution in [0.15, 0.2) is 0 Å². The largest absolute Gasteiger partial charge is 0.340 e. The van der Waals surface area contributed by atoms with E-state index in [2.05, 4.69) is 5.32 Å². The first-order chi connectivity index (χ1) is 9.31. The third-order valence-corrected chi connectivity index (χ3v) is 6.10. The van der Waals surface area contributed by atoms with Gasteiger partial charge in [0, 0.05) is 12.3 Å². The second-order valence-corrected chi connectivity index (χ2v) is 8.16. The van der Waals surface area contributed by atoms with E-state index >= 15 is 0 Å². The van der Waals surface area contributed by atoms with Crippen LogP contribution < -0.4 is 5.32 Å². The molecule has 1 heterocycles. The zero-order chi connectivity index (χ0) is 15.0. The Labute approximate surface area is 119 Å². The molecule has 0 aromatic rings. The second-order valence-electron chi connectivity index (χ2n) is 5.69. The monoisotopic (exact) mass is 302 g/mol. The molecule has 6 nitrogen and oxygen atoms in total. The molecule has 114 valence electrons. The number of piperazine rings is 1. The summed E-state index contributed by atoms with van der Waals surface area (Å²) in [4.78, 5) is 26.1. The van der Waals surface area contributed by atoms with E-state index in [4.69, 9.17) is 0 Å². The van der Waals surface area contributed by atoms with Crippen LogP contribution in [0.2, 0.25) is 0 Å². The molecule has 2 amide bonds. The zero-order valence-electron chi connectivity index (χ0n) is 12.0. The lowest BCUT2D eigenvalue weighted by Crippen LogP contribution is -2.69. The van der Waals surface area contributed by atoms with E-state index in [1.165, 1.54) is 4.90 Å².